The molecule has 0 amide bonds. The lowest BCUT2D eigenvalue weighted by atomic mass is 10.2. The Morgan fingerprint density at radius 1 is 1.47 bits per heavy atom. The molecule has 0 unspecified atom stereocenters. The van der Waals surface area contributed by atoms with Crippen molar-refractivity contribution in [1.82, 2.24) is 15.2 Å². The maximum absolute atomic E-state index is 11.5. The third-order valence-corrected chi connectivity index (χ3v) is 2.59. The number of aromatic nitrogens is 3. The molecule has 100 valence electrons. The molecule has 1 N–H and O–H groups in total. The summed E-state index contributed by atoms with van der Waals surface area (Å²) in [6.45, 7) is 1.99. The van der Waals surface area contributed by atoms with Crippen LogP contribution >= 0.6 is 11.6 Å². The van der Waals surface area contributed by atoms with Gasteiger partial charge in [0.05, 0.1) is 19.3 Å². The van der Waals surface area contributed by atoms with E-state index < -0.39 is 5.97 Å². The average Bonchev–Trinajstić information content (AvgIpc) is 2.88. The molecule has 0 aliphatic rings. The van der Waals surface area contributed by atoms with Crippen LogP contribution in [0.2, 0.25) is 5.02 Å². The Kier molecular flexibility index (Phi) is 4.01. The van der Waals surface area contributed by atoms with Gasteiger partial charge in [0, 0.05) is 5.02 Å². The van der Waals surface area contributed by atoms with Crippen molar-refractivity contribution in [1.29, 1.82) is 0 Å². The number of nitrogens with zero attached hydrogens (tertiary/aromatic N) is 2. The number of halogens is 1. The zero-order valence-corrected chi connectivity index (χ0v) is 11.2. The number of methoxy groups -OCH3 is 1. The smallest absolute Gasteiger partial charge is 0.375 e. The fourth-order valence-corrected chi connectivity index (χ4v) is 1.70. The highest BCUT2D eigenvalue weighted by molar-refractivity contribution is 6.30. The van der Waals surface area contributed by atoms with E-state index >= 15 is 0 Å². The summed E-state index contributed by atoms with van der Waals surface area (Å²) in [5, 5.41) is 7.02. The van der Waals surface area contributed by atoms with Crippen LogP contribution in [0.15, 0.2) is 18.2 Å². The van der Waals surface area contributed by atoms with Crippen LogP contribution in [0.5, 0.6) is 5.75 Å². The number of ether oxygens (including phenoxy) is 2. The van der Waals surface area contributed by atoms with Crippen molar-refractivity contribution in [2.45, 2.75) is 6.92 Å². The number of carbonyl (C=O) groups excluding carboxylic acids is 1. The van der Waals surface area contributed by atoms with Crippen LogP contribution in [0.3, 0.4) is 0 Å². The lowest BCUT2D eigenvalue weighted by Gasteiger charge is -2.05. The van der Waals surface area contributed by atoms with E-state index in [0.717, 1.165) is 0 Å². The van der Waals surface area contributed by atoms with Crippen molar-refractivity contribution in [3.05, 3.63) is 29.0 Å². The molecule has 0 saturated heterocycles. The van der Waals surface area contributed by atoms with Gasteiger partial charge < -0.3 is 9.47 Å². The van der Waals surface area contributed by atoms with Gasteiger partial charge in [0.2, 0.25) is 5.82 Å². The molecule has 2 aromatic rings. The van der Waals surface area contributed by atoms with Crippen LogP contribution < -0.4 is 4.74 Å². The van der Waals surface area contributed by atoms with Gasteiger partial charge in [-0.05, 0) is 25.1 Å². The third kappa shape index (κ3) is 2.85. The number of benzene rings is 1. The van der Waals surface area contributed by atoms with Gasteiger partial charge in [0.1, 0.15) is 5.75 Å². The molecule has 0 aliphatic carbocycles. The van der Waals surface area contributed by atoms with E-state index in [9.17, 15) is 4.79 Å². The highest BCUT2D eigenvalue weighted by Crippen LogP contribution is 2.30. The number of aromatic amines is 1. The van der Waals surface area contributed by atoms with Crippen LogP contribution in [0.4, 0.5) is 0 Å². The summed E-state index contributed by atoms with van der Waals surface area (Å²) in [4.78, 5) is 15.6. The van der Waals surface area contributed by atoms with E-state index in [1.807, 2.05) is 0 Å². The molecule has 0 bridgehead atoms. The fourth-order valence-electron chi connectivity index (χ4n) is 1.53. The lowest BCUT2D eigenvalue weighted by molar-refractivity contribution is 0.0512. The number of rotatable bonds is 4. The molecule has 19 heavy (non-hydrogen) atoms. The molecule has 0 fully saturated rings. The molecular weight excluding hydrogens is 270 g/mol. The Morgan fingerprint density at radius 2 is 2.26 bits per heavy atom. The topological polar surface area (TPSA) is 77.1 Å². The number of esters is 1. The van der Waals surface area contributed by atoms with Gasteiger partial charge in [-0.2, -0.15) is 5.10 Å². The normalized spacial score (nSPS) is 10.3. The monoisotopic (exact) mass is 281 g/mol. The Morgan fingerprint density at radius 3 is 2.95 bits per heavy atom. The molecule has 6 nitrogen and oxygen atoms in total. The Labute approximate surface area is 114 Å². The van der Waals surface area contributed by atoms with E-state index in [0.29, 0.717) is 22.2 Å². The second kappa shape index (κ2) is 5.71. The molecule has 2 rings (SSSR count). The molecule has 0 radical (unpaired) electrons. The van der Waals surface area contributed by atoms with Crippen molar-refractivity contribution in [3.63, 3.8) is 0 Å². The molecule has 1 heterocycles. The summed E-state index contributed by atoms with van der Waals surface area (Å²) < 4.78 is 10.0. The Bertz CT molecular complexity index is 598. The fraction of sp³-hybridized carbons (Fsp3) is 0.250. The molecule has 7 heteroatoms. The minimum atomic E-state index is -0.553. The van der Waals surface area contributed by atoms with Crippen molar-refractivity contribution >= 4 is 17.6 Å². The van der Waals surface area contributed by atoms with Crippen LogP contribution in [0.1, 0.15) is 17.5 Å². The molecule has 0 atom stereocenters. The predicted molar refractivity (Wildman–Crippen MR) is 69.3 cm³/mol. The average molecular weight is 282 g/mol. The Balaban J connectivity index is 2.37. The van der Waals surface area contributed by atoms with E-state index in [1.165, 1.54) is 7.11 Å². The first-order valence-corrected chi connectivity index (χ1v) is 5.97. The van der Waals surface area contributed by atoms with Gasteiger partial charge >= 0.3 is 5.97 Å². The van der Waals surface area contributed by atoms with Crippen LogP contribution in [-0.4, -0.2) is 34.9 Å². The number of H-pyrrole nitrogens is 1. The lowest BCUT2D eigenvalue weighted by Crippen LogP contribution is -2.06. The van der Waals surface area contributed by atoms with Crippen LogP contribution in [-0.2, 0) is 4.74 Å². The maximum Gasteiger partial charge on any atom is 0.375 e. The van der Waals surface area contributed by atoms with E-state index in [1.54, 1.807) is 25.1 Å². The number of hydrogen-bond acceptors (Lipinski definition) is 5. The minimum Gasteiger partial charge on any atom is -0.496 e. The molecule has 1 aromatic heterocycles. The summed E-state index contributed by atoms with van der Waals surface area (Å²) in [6.07, 6.45) is 0. The highest BCUT2D eigenvalue weighted by atomic mass is 35.5. The van der Waals surface area contributed by atoms with Crippen molar-refractivity contribution in [2.24, 2.45) is 0 Å². The van der Waals surface area contributed by atoms with Crippen LogP contribution in [0.25, 0.3) is 11.4 Å². The molecule has 0 saturated carbocycles. The summed E-state index contributed by atoms with van der Waals surface area (Å²) in [6, 6.07) is 5.07. The largest absolute Gasteiger partial charge is 0.496 e. The predicted octanol–water partition coefficient (Wildman–Crippen LogP) is 2.31. The maximum atomic E-state index is 11.5. The second-order valence-corrected chi connectivity index (χ2v) is 4.01. The summed E-state index contributed by atoms with van der Waals surface area (Å²) in [7, 11) is 1.53. The van der Waals surface area contributed by atoms with Gasteiger partial charge in [-0.1, -0.05) is 11.6 Å². The standard InChI is InChI=1S/C12H12ClN3O3/c1-3-19-12(17)11-14-10(15-16-11)8-6-7(13)4-5-9(8)18-2/h4-6H,3H2,1-2H3,(H,14,15,16). The van der Waals surface area contributed by atoms with E-state index in [-0.39, 0.29) is 12.4 Å². The first kappa shape index (κ1) is 13.4. The molecular formula is C12H12ClN3O3. The summed E-state index contributed by atoms with van der Waals surface area (Å²) in [5.74, 6) is 0.377. The zero-order chi connectivity index (χ0) is 13.8. The highest BCUT2D eigenvalue weighted by Gasteiger charge is 2.16. The first-order valence-electron chi connectivity index (χ1n) is 5.59. The second-order valence-electron chi connectivity index (χ2n) is 3.57. The Hall–Kier alpha value is -2.08. The first-order chi connectivity index (χ1) is 9.15. The van der Waals surface area contributed by atoms with Gasteiger partial charge in [-0.25, -0.2) is 9.78 Å². The zero-order valence-electron chi connectivity index (χ0n) is 10.4. The summed E-state index contributed by atoms with van der Waals surface area (Å²) >= 11 is 5.93. The van der Waals surface area contributed by atoms with Crippen LogP contribution in [0, 0.1) is 0 Å². The van der Waals surface area contributed by atoms with Gasteiger partial charge in [0.15, 0.2) is 5.82 Å². The van der Waals surface area contributed by atoms with Crippen molar-refractivity contribution in [3.8, 4) is 17.1 Å². The SMILES string of the molecule is CCOC(=O)c1nc(-c2cc(Cl)ccc2OC)n[nH]1. The number of hydrogen-bond donors (Lipinski definition) is 1. The van der Waals surface area contributed by atoms with Crippen molar-refractivity contribution < 1.29 is 14.3 Å². The van der Waals surface area contributed by atoms with Gasteiger partial charge in [-0.3, -0.25) is 5.10 Å². The minimum absolute atomic E-state index is 0.0406. The van der Waals surface area contributed by atoms with Gasteiger partial charge in [-0.15, -0.1) is 0 Å². The summed E-state index contributed by atoms with van der Waals surface area (Å²) in [5.41, 5.74) is 0.599. The third-order valence-electron chi connectivity index (χ3n) is 2.36. The number of carbonyl (C=O) groups is 1. The number of nitrogens with one attached hydrogen (secondary N) is 1. The molecule has 0 aliphatic heterocycles. The quantitative estimate of drug-likeness (QED) is 0.870. The van der Waals surface area contributed by atoms with Crippen molar-refractivity contribution in [2.75, 3.05) is 13.7 Å². The van der Waals surface area contributed by atoms with Gasteiger partial charge in [0.25, 0.3) is 0 Å². The molecule has 1 aromatic carbocycles. The van der Waals surface area contributed by atoms with E-state index in [4.69, 9.17) is 21.1 Å². The molecule has 0 spiro atoms. The van der Waals surface area contributed by atoms with E-state index in [2.05, 4.69) is 15.2 Å².